The maximum atomic E-state index is 12.7. The number of nitrogens with zero attached hydrogens (tertiary/aromatic N) is 4. The van der Waals surface area contributed by atoms with Gasteiger partial charge in [0.25, 0.3) is 0 Å². The molecule has 30 heavy (non-hydrogen) atoms. The number of aromatic nitrogens is 4. The second kappa shape index (κ2) is 8.00. The van der Waals surface area contributed by atoms with Crippen LogP contribution in [0.5, 0.6) is 0 Å². The third-order valence-corrected chi connectivity index (χ3v) is 4.99. The number of aryl methyl sites for hydroxylation is 1. The van der Waals surface area contributed by atoms with E-state index in [1.807, 2.05) is 58.8 Å². The summed E-state index contributed by atoms with van der Waals surface area (Å²) in [6, 6.07) is 17.2. The lowest BCUT2D eigenvalue weighted by Gasteiger charge is -1.99. The van der Waals surface area contributed by atoms with Gasteiger partial charge >= 0.3 is 0 Å². The molecule has 5 aromatic rings. The molecule has 0 radical (unpaired) electrons. The zero-order valence-corrected chi connectivity index (χ0v) is 17.0. The number of fused-ring (bicyclic) bond motifs is 1. The highest BCUT2D eigenvalue weighted by Crippen LogP contribution is 2.26. The predicted molar refractivity (Wildman–Crippen MR) is 117 cm³/mol. The molecule has 0 atom stereocenters. The molecule has 0 aliphatic rings. The molecular formula is C23H19ClN4O2. The summed E-state index contributed by atoms with van der Waals surface area (Å²) in [5.41, 5.74) is 4.10. The number of hydrogen-bond acceptors (Lipinski definition) is 4. The smallest absolute Gasteiger partial charge is 0.236 e. The van der Waals surface area contributed by atoms with E-state index in [1.54, 1.807) is 30.7 Å². The molecule has 3 aromatic heterocycles. The molecule has 150 valence electrons. The van der Waals surface area contributed by atoms with Crippen LogP contribution < -0.4 is 0 Å². The number of halogens is 1. The van der Waals surface area contributed by atoms with Gasteiger partial charge in [-0.15, -0.1) is 12.4 Å². The van der Waals surface area contributed by atoms with Gasteiger partial charge in [0.05, 0.1) is 18.4 Å². The van der Waals surface area contributed by atoms with E-state index in [0.29, 0.717) is 18.0 Å². The van der Waals surface area contributed by atoms with Crippen molar-refractivity contribution in [2.24, 2.45) is 0 Å². The lowest BCUT2D eigenvalue weighted by Crippen LogP contribution is -2.01. The maximum Gasteiger partial charge on any atom is 0.236 e. The van der Waals surface area contributed by atoms with Gasteiger partial charge in [0, 0.05) is 35.6 Å². The number of hydrogen-bond donors (Lipinski definition) is 0. The first-order valence-electron chi connectivity index (χ1n) is 9.32. The van der Waals surface area contributed by atoms with Gasteiger partial charge in [-0.2, -0.15) is 0 Å². The molecule has 3 heterocycles. The highest BCUT2D eigenvalue weighted by atomic mass is 35.5. The Morgan fingerprint density at radius 2 is 1.90 bits per heavy atom. The quantitative estimate of drug-likeness (QED) is 0.383. The summed E-state index contributed by atoms with van der Waals surface area (Å²) < 4.78 is 9.49. The van der Waals surface area contributed by atoms with Gasteiger partial charge in [0.2, 0.25) is 11.7 Å². The molecular weight excluding hydrogens is 400 g/mol. The summed E-state index contributed by atoms with van der Waals surface area (Å²) >= 11 is 0. The summed E-state index contributed by atoms with van der Waals surface area (Å²) in [5, 5.41) is 5.14. The van der Waals surface area contributed by atoms with Crippen molar-refractivity contribution in [3.63, 3.8) is 0 Å². The molecule has 0 aliphatic heterocycles. The summed E-state index contributed by atoms with van der Waals surface area (Å²) in [4.78, 5) is 16.9. The molecule has 5 rings (SSSR count). The molecule has 6 nitrogen and oxygen atoms in total. The van der Waals surface area contributed by atoms with Crippen LogP contribution in [-0.2, 0) is 6.54 Å². The monoisotopic (exact) mass is 418 g/mol. The zero-order chi connectivity index (χ0) is 19.8. The fraction of sp³-hybridized carbons (Fsp3) is 0.0870. The Morgan fingerprint density at radius 1 is 1.10 bits per heavy atom. The van der Waals surface area contributed by atoms with Crippen LogP contribution in [0.2, 0.25) is 0 Å². The summed E-state index contributed by atoms with van der Waals surface area (Å²) in [6.45, 7) is 2.68. The lowest BCUT2D eigenvalue weighted by molar-refractivity contribution is 0.103. The highest BCUT2D eigenvalue weighted by molar-refractivity contribution is 6.07. The first kappa shape index (κ1) is 19.7. The Morgan fingerprint density at radius 3 is 2.67 bits per heavy atom. The molecule has 0 aliphatic carbocycles. The normalized spacial score (nSPS) is 10.8. The van der Waals surface area contributed by atoms with E-state index in [-0.39, 0.29) is 23.9 Å². The van der Waals surface area contributed by atoms with Gasteiger partial charge in [-0.1, -0.05) is 53.2 Å². The van der Waals surface area contributed by atoms with Crippen molar-refractivity contribution >= 4 is 29.1 Å². The van der Waals surface area contributed by atoms with Crippen LogP contribution in [0.1, 0.15) is 27.2 Å². The Balaban J connectivity index is 0.00000218. The van der Waals surface area contributed by atoms with E-state index in [2.05, 4.69) is 16.2 Å². The summed E-state index contributed by atoms with van der Waals surface area (Å²) in [6.07, 6.45) is 7.50. The Hall–Kier alpha value is -3.64. The number of ketones is 1. The van der Waals surface area contributed by atoms with E-state index < -0.39 is 0 Å². The molecule has 7 heteroatoms. The van der Waals surface area contributed by atoms with Gasteiger partial charge in [0.1, 0.15) is 0 Å². The van der Waals surface area contributed by atoms with Crippen LogP contribution in [0.3, 0.4) is 0 Å². The summed E-state index contributed by atoms with van der Waals surface area (Å²) in [7, 11) is 0. The molecule has 0 saturated carbocycles. The number of benzene rings is 2. The Kier molecular flexibility index (Phi) is 5.25. The van der Waals surface area contributed by atoms with Crippen LogP contribution in [0.25, 0.3) is 16.8 Å². The van der Waals surface area contributed by atoms with Crippen molar-refractivity contribution in [1.29, 1.82) is 0 Å². The zero-order valence-electron chi connectivity index (χ0n) is 16.2. The molecule has 0 unspecified atom stereocenters. The van der Waals surface area contributed by atoms with Gasteiger partial charge < -0.3 is 9.09 Å². The van der Waals surface area contributed by atoms with Gasteiger partial charge in [-0.3, -0.25) is 9.36 Å². The second-order valence-electron chi connectivity index (χ2n) is 7.02. The van der Waals surface area contributed by atoms with E-state index in [1.165, 1.54) is 0 Å². The topological polar surface area (TPSA) is 65.8 Å². The average molecular weight is 419 g/mol. The molecule has 0 fully saturated rings. The van der Waals surface area contributed by atoms with Crippen LogP contribution in [-0.4, -0.2) is 25.1 Å². The van der Waals surface area contributed by atoms with Crippen LogP contribution in [0.15, 0.2) is 84.0 Å². The molecule has 0 spiro atoms. The third-order valence-electron chi connectivity index (χ3n) is 4.99. The molecule has 0 N–H and O–H groups in total. The summed E-state index contributed by atoms with van der Waals surface area (Å²) in [5.74, 6) is 0.351. The standard InChI is InChI=1S/C23H18N4O2.ClH/c1-16-6-8-17(9-7-16)23(28)20-12-22(29-25-20)27-14-18(13-26-11-10-24-15-26)19-4-2-3-5-21(19)27;/h2-12,14-15H,13H2,1H3;1H. The number of carbonyl (C=O) groups is 1. The SMILES string of the molecule is Cc1ccc(C(=O)c2cc(-n3cc(Cn4ccnc4)c4ccccc43)on2)cc1.Cl. The minimum absolute atomic E-state index is 0. The van der Waals surface area contributed by atoms with E-state index >= 15 is 0 Å². The van der Waals surface area contributed by atoms with Crippen LogP contribution in [0.4, 0.5) is 0 Å². The van der Waals surface area contributed by atoms with E-state index in [9.17, 15) is 4.79 Å². The molecule has 2 aromatic carbocycles. The van der Waals surface area contributed by atoms with Crippen molar-refractivity contribution in [3.05, 3.63) is 102 Å². The Labute approximate surface area is 179 Å². The largest absolute Gasteiger partial charge is 0.337 e. The molecule has 0 amide bonds. The fourth-order valence-electron chi connectivity index (χ4n) is 3.47. The first-order chi connectivity index (χ1) is 14.2. The van der Waals surface area contributed by atoms with Crippen molar-refractivity contribution in [2.45, 2.75) is 13.5 Å². The first-order valence-corrected chi connectivity index (χ1v) is 9.32. The third kappa shape index (κ3) is 3.53. The van der Waals surface area contributed by atoms with Gasteiger partial charge in [0.15, 0.2) is 5.69 Å². The predicted octanol–water partition coefficient (Wildman–Crippen LogP) is 4.82. The van der Waals surface area contributed by atoms with Crippen molar-refractivity contribution in [3.8, 4) is 5.88 Å². The Bertz CT molecular complexity index is 1300. The number of imidazole rings is 1. The minimum atomic E-state index is -0.157. The number of rotatable bonds is 5. The van der Waals surface area contributed by atoms with Crippen molar-refractivity contribution in [1.82, 2.24) is 19.3 Å². The fourth-order valence-corrected chi connectivity index (χ4v) is 3.47. The van der Waals surface area contributed by atoms with Crippen LogP contribution >= 0.6 is 12.4 Å². The van der Waals surface area contributed by atoms with E-state index in [0.717, 1.165) is 22.0 Å². The van der Waals surface area contributed by atoms with Gasteiger partial charge in [-0.05, 0) is 18.6 Å². The van der Waals surface area contributed by atoms with E-state index in [4.69, 9.17) is 4.52 Å². The maximum absolute atomic E-state index is 12.7. The van der Waals surface area contributed by atoms with Crippen molar-refractivity contribution in [2.75, 3.05) is 0 Å². The van der Waals surface area contributed by atoms with Crippen LogP contribution in [0, 0.1) is 6.92 Å². The number of carbonyl (C=O) groups excluding carboxylic acids is 1. The second-order valence-corrected chi connectivity index (χ2v) is 7.02. The molecule has 0 saturated heterocycles. The lowest BCUT2D eigenvalue weighted by atomic mass is 10.1. The van der Waals surface area contributed by atoms with Crippen molar-refractivity contribution < 1.29 is 9.32 Å². The minimum Gasteiger partial charge on any atom is -0.337 e. The average Bonchev–Trinajstić information content (AvgIpc) is 3.49. The van der Waals surface area contributed by atoms with Gasteiger partial charge in [-0.25, -0.2) is 4.98 Å². The number of para-hydroxylation sites is 1. The highest BCUT2D eigenvalue weighted by Gasteiger charge is 2.18. The molecule has 0 bridgehead atoms.